The Kier molecular flexibility index (Phi) is 6.48. The largest absolute Gasteiger partial charge is 0.573 e. The highest BCUT2D eigenvalue weighted by Crippen LogP contribution is 2.45. The first-order valence-electron chi connectivity index (χ1n) is 10.5. The van der Waals surface area contributed by atoms with Crippen LogP contribution in [-0.2, 0) is 9.59 Å². The minimum atomic E-state index is -4.90. The third-order valence-corrected chi connectivity index (χ3v) is 5.75. The van der Waals surface area contributed by atoms with Crippen LogP contribution in [0.4, 0.5) is 18.9 Å². The Balaban J connectivity index is 1.90. The molecule has 1 aromatic heterocycles. The van der Waals surface area contributed by atoms with Gasteiger partial charge in [-0.25, -0.2) is 0 Å². The molecule has 0 aliphatic carbocycles. The summed E-state index contributed by atoms with van der Waals surface area (Å²) in [5.41, 5.74) is 0.522. The predicted molar refractivity (Wildman–Crippen MR) is 124 cm³/mol. The van der Waals surface area contributed by atoms with Gasteiger partial charge in [0.25, 0.3) is 11.7 Å². The van der Waals surface area contributed by atoms with Gasteiger partial charge in [0.1, 0.15) is 34.8 Å². The number of anilines is 1. The van der Waals surface area contributed by atoms with Gasteiger partial charge in [0.2, 0.25) is 0 Å². The fourth-order valence-corrected chi connectivity index (χ4v) is 4.39. The lowest BCUT2D eigenvalue weighted by Gasteiger charge is -2.24. The number of amides is 1. The van der Waals surface area contributed by atoms with Crippen LogP contribution in [0.5, 0.6) is 11.5 Å². The molecule has 4 rings (SSSR count). The number of rotatable bonds is 5. The summed E-state index contributed by atoms with van der Waals surface area (Å²) in [6.45, 7) is 3.38. The average molecular weight is 522 g/mol. The molecule has 1 unspecified atom stereocenters. The Morgan fingerprint density at radius 1 is 1.08 bits per heavy atom. The maximum Gasteiger partial charge on any atom is 0.573 e. The van der Waals surface area contributed by atoms with Gasteiger partial charge in [-0.05, 0) is 67.9 Å². The monoisotopic (exact) mass is 521 g/mol. The fourth-order valence-electron chi connectivity index (χ4n) is 4.03. The van der Waals surface area contributed by atoms with Gasteiger partial charge in [-0.15, -0.1) is 13.2 Å². The number of aryl methyl sites for hydroxylation is 2. The number of halogens is 4. The molecule has 36 heavy (non-hydrogen) atoms. The Morgan fingerprint density at radius 2 is 1.75 bits per heavy atom. The number of ketones is 1. The summed E-state index contributed by atoms with van der Waals surface area (Å²) in [6, 6.07) is 9.48. The molecule has 1 aliphatic heterocycles. The second-order valence-corrected chi connectivity index (χ2v) is 8.39. The van der Waals surface area contributed by atoms with Crippen LogP contribution in [0.25, 0.3) is 5.76 Å². The van der Waals surface area contributed by atoms with Crippen molar-refractivity contribution in [1.29, 1.82) is 0 Å². The molecule has 0 saturated carbocycles. The zero-order valence-electron chi connectivity index (χ0n) is 19.1. The zero-order chi connectivity index (χ0) is 26.4. The Hall–Kier alpha value is -3.92. The first kappa shape index (κ1) is 25.2. The van der Waals surface area contributed by atoms with E-state index in [1.54, 1.807) is 32.0 Å². The zero-order valence-corrected chi connectivity index (χ0v) is 19.9. The number of aliphatic hydroxyl groups is 1. The summed E-state index contributed by atoms with van der Waals surface area (Å²) in [5.74, 6) is -2.38. The molecule has 2 aromatic carbocycles. The molecule has 1 saturated heterocycles. The van der Waals surface area contributed by atoms with E-state index in [9.17, 15) is 27.9 Å². The number of furan rings is 1. The number of hydrogen-bond acceptors (Lipinski definition) is 6. The van der Waals surface area contributed by atoms with Crippen LogP contribution < -0.4 is 14.4 Å². The second-order valence-electron chi connectivity index (χ2n) is 7.99. The first-order chi connectivity index (χ1) is 16.9. The number of carbonyl (C=O) groups is 2. The number of Topliss-reactive ketones (excluding diaryl/α,β-unsaturated/α-hetero) is 1. The molecule has 2 heterocycles. The molecule has 0 bridgehead atoms. The van der Waals surface area contributed by atoms with E-state index < -0.39 is 35.6 Å². The molecule has 1 N–H and O–H groups in total. The summed E-state index contributed by atoms with van der Waals surface area (Å²) in [5, 5.41) is 11.5. The molecular weight excluding hydrogens is 503 g/mol. The number of aliphatic hydroxyl groups excluding tert-OH is 1. The van der Waals surface area contributed by atoms with Crippen LogP contribution in [0.2, 0.25) is 5.02 Å². The van der Waals surface area contributed by atoms with Crippen molar-refractivity contribution in [2.45, 2.75) is 26.3 Å². The number of ether oxygens (including phenoxy) is 2. The average Bonchev–Trinajstić information content (AvgIpc) is 3.33. The van der Waals surface area contributed by atoms with Crippen molar-refractivity contribution in [3.63, 3.8) is 0 Å². The maximum atomic E-state index is 13.2. The smallest absolute Gasteiger partial charge is 0.507 e. The molecule has 1 atom stereocenters. The van der Waals surface area contributed by atoms with E-state index in [2.05, 4.69) is 4.74 Å². The predicted octanol–water partition coefficient (Wildman–Crippen LogP) is 6.08. The number of methoxy groups -OCH3 is 1. The molecule has 0 radical (unpaired) electrons. The lowest BCUT2D eigenvalue weighted by molar-refractivity contribution is -0.274. The van der Waals surface area contributed by atoms with E-state index >= 15 is 0 Å². The normalized spacial score (nSPS) is 17.5. The van der Waals surface area contributed by atoms with Crippen LogP contribution in [0.1, 0.15) is 28.7 Å². The second kappa shape index (κ2) is 9.27. The summed E-state index contributed by atoms with van der Waals surface area (Å²) in [7, 11) is 1.34. The number of hydrogen-bond donors (Lipinski definition) is 1. The molecule has 3 aromatic rings. The lowest BCUT2D eigenvalue weighted by atomic mass is 9.97. The topological polar surface area (TPSA) is 89.2 Å². The van der Waals surface area contributed by atoms with Gasteiger partial charge in [-0.2, -0.15) is 0 Å². The molecule has 11 heteroatoms. The highest BCUT2D eigenvalue weighted by Gasteiger charge is 2.48. The van der Waals surface area contributed by atoms with Gasteiger partial charge in [0.05, 0.1) is 23.3 Å². The molecule has 1 amide bonds. The highest BCUT2D eigenvalue weighted by atomic mass is 35.5. The van der Waals surface area contributed by atoms with Gasteiger partial charge < -0.3 is 19.0 Å². The quantitative estimate of drug-likeness (QED) is 0.248. The minimum Gasteiger partial charge on any atom is -0.507 e. The molecule has 1 aliphatic rings. The van der Waals surface area contributed by atoms with E-state index in [1.807, 2.05) is 0 Å². The van der Waals surface area contributed by atoms with Crippen LogP contribution >= 0.6 is 11.6 Å². The van der Waals surface area contributed by atoms with Crippen molar-refractivity contribution in [2.24, 2.45) is 0 Å². The Morgan fingerprint density at radius 3 is 2.31 bits per heavy atom. The standard InChI is InChI=1S/C25H19ClF3NO6/c1-12-10-16(23(34-3)17(26)11-12)21(31)19-20(18-9-4-13(2)35-18)30(24(33)22(19)32)14-5-7-15(8-6-14)36-25(27,28)29/h4-11,20,31H,1-3H3/b21-19+. The highest BCUT2D eigenvalue weighted by molar-refractivity contribution is 6.51. The van der Waals surface area contributed by atoms with Crippen molar-refractivity contribution in [3.05, 3.63) is 81.8 Å². The summed E-state index contributed by atoms with van der Waals surface area (Å²) in [6.07, 6.45) is -4.90. The van der Waals surface area contributed by atoms with Gasteiger partial charge in [-0.3, -0.25) is 14.5 Å². The third-order valence-electron chi connectivity index (χ3n) is 5.47. The Labute approximate surface area is 208 Å². The van der Waals surface area contributed by atoms with Crippen molar-refractivity contribution in [3.8, 4) is 11.5 Å². The van der Waals surface area contributed by atoms with Gasteiger partial charge >= 0.3 is 6.36 Å². The van der Waals surface area contributed by atoms with Crippen molar-refractivity contribution < 1.29 is 41.8 Å². The van der Waals surface area contributed by atoms with Gasteiger partial charge in [0, 0.05) is 5.69 Å². The summed E-state index contributed by atoms with van der Waals surface area (Å²) in [4.78, 5) is 27.4. The van der Waals surface area contributed by atoms with Gasteiger partial charge in [-0.1, -0.05) is 11.6 Å². The molecule has 188 valence electrons. The summed E-state index contributed by atoms with van der Waals surface area (Å²) >= 11 is 6.26. The van der Waals surface area contributed by atoms with E-state index in [-0.39, 0.29) is 33.4 Å². The lowest BCUT2D eigenvalue weighted by Crippen LogP contribution is -2.29. The molecule has 1 fully saturated rings. The van der Waals surface area contributed by atoms with Crippen molar-refractivity contribution in [2.75, 3.05) is 12.0 Å². The molecular formula is C25H19ClF3NO6. The maximum absolute atomic E-state index is 13.2. The first-order valence-corrected chi connectivity index (χ1v) is 10.9. The summed E-state index contributed by atoms with van der Waals surface area (Å²) < 4.78 is 52.6. The number of alkyl halides is 3. The minimum absolute atomic E-state index is 0.0824. The van der Waals surface area contributed by atoms with E-state index in [0.29, 0.717) is 11.3 Å². The number of benzene rings is 2. The number of carbonyl (C=O) groups excluding carboxylic acids is 2. The van der Waals surface area contributed by atoms with E-state index in [4.69, 9.17) is 20.8 Å². The van der Waals surface area contributed by atoms with Crippen LogP contribution in [-0.4, -0.2) is 30.3 Å². The molecule has 7 nitrogen and oxygen atoms in total. The van der Waals surface area contributed by atoms with Crippen LogP contribution in [0.3, 0.4) is 0 Å². The third kappa shape index (κ3) is 4.64. The van der Waals surface area contributed by atoms with Crippen LogP contribution in [0, 0.1) is 13.8 Å². The van der Waals surface area contributed by atoms with E-state index in [0.717, 1.165) is 17.0 Å². The molecule has 0 spiro atoms. The van der Waals surface area contributed by atoms with Gasteiger partial charge in [0.15, 0.2) is 0 Å². The number of nitrogens with zero attached hydrogens (tertiary/aromatic N) is 1. The van der Waals surface area contributed by atoms with E-state index in [1.165, 1.54) is 25.3 Å². The Bertz CT molecular complexity index is 1380. The van der Waals surface area contributed by atoms with Crippen molar-refractivity contribution >= 4 is 34.7 Å². The van der Waals surface area contributed by atoms with Crippen LogP contribution in [0.15, 0.2) is 58.5 Å². The van der Waals surface area contributed by atoms with Crippen molar-refractivity contribution in [1.82, 2.24) is 0 Å². The fraction of sp³-hybridized carbons (Fsp3) is 0.200. The SMILES string of the molecule is COc1c(Cl)cc(C)cc1/C(O)=C1\C(=O)C(=O)N(c2ccc(OC(F)(F)F)cc2)C1c1ccc(C)o1.